The SMILES string of the molecule is Cc1ccccc1OC(C)(C)Cc1cccc(O)c1CC(C)(C)Oc1ccccc1C. The lowest BCUT2D eigenvalue weighted by Gasteiger charge is -2.31. The van der Waals surface area contributed by atoms with E-state index in [1.54, 1.807) is 6.07 Å². The molecule has 0 fully saturated rings. The smallest absolute Gasteiger partial charge is 0.123 e. The molecule has 0 bridgehead atoms. The Morgan fingerprint density at radius 1 is 0.645 bits per heavy atom. The van der Waals surface area contributed by atoms with Crippen LogP contribution in [-0.2, 0) is 12.8 Å². The molecule has 0 aliphatic rings. The Labute approximate surface area is 186 Å². The topological polar surface area (TPSA) is 38.7 Å². The third kappa shape index (κ3) is 6.04. The van der Waals surface area contributed by atoms with Crippen molar-refractivity contribution in [3.05, 3.63) is 89.0 Å². The number of para-hydroxylation sites is 2. The van der Waals surface area contributed by atoms with E-state index in [1.165, 1.54) is 0 Å². The maximum Gasteiger partial charge on any atom is 0.123 e. The number of rotatable bonds is 8. The average Bonchev–Trinajstić information content (AvgIpc) is 2.68. The normalized spacial score (nSPS) is 11.9. The first kappa shape index (κ1) is 22.7. The average molecular weight is 419 g/mol. The molecule has 164 valence electrons. The van der Waals surface area contributed by atoms with E-state index in [-0.39, 0.29) is 0 Å². The predicted molar refractivity (Wildman–Crippen MR) is 127 cm³/mol. The quantitative estimate of drug-likeness (QED) is 0.437. The second-order valence-corrected chi connectivity index (χ2v) is 9.52. The predicted octanol–water partition coefficient (Wildman–Crippen LogP) is 6.81. The number of aromatic hydroxyl groups is 1. The van der Waals surface area contributed by atoms with Gasteiger partial charge in [0.15, 0.2) is 0 Å². The molecule has 0 amide bonds. The Morgan fingerprint density at radius 3 is 1.65 bits per heavy atom. The number of aryl methyl sites for hydroxylation is 2. The first-order valence-corrected chi connectivity index (χ1v) is 10.9. The molecule has 0 aliphatic heterocycles. The summed E-state index contributed by atoms with van der Waals surface area (Å²) in [7, 11) is 0. The highest BCUT2D eigenvalue weighted by molar-refractivity contribution is 5.42. The molecule has 0 aromatic heterocycles. The van der Waals surface area contributed by atoms with Crippen LogP contribution in [0.15, 0.2) is 66.7 Å². The van der Waals surface area contributed by atoms with Gasteiger partial charge in [-0.1, -0.05) is 48.5 Å². The molecule has 0 unspecified atom stereocenters. The maximum absolute atomic E-state index is 10.7. The van der Waals surface area contributed by atoms with Gasteiger partial charge in [0.2, 0.25) is 0 Å². The molecule has 0 atom stereocenters. The fraction of sp³-hybridized carbons (Fsp3) is 0.357. The van der Waals surface area contributed by atoms with Crippen molar-refractivity contribution < 1.29 is 14.6 Å². The zero-order chi connectivity index (χ0) is 22.6. The minimum absolute atomic E-state index is 0.297. The van der Waals surface area contributed by atoms with Crippen LogP contribution in [0.1, 0.15) is 49.9 Å². The molecule has 0 heterocycles. The number of ether oxygens (including phenoxy) is 2. The molecule has 0 radical (unpaired) electrons. The van der Waals surface area contributed by atoms with Crippen LogP contribution >= 0.6 is 0 Å². The molecule has 31 heavy (non-hydrogen) atoms. The third-order valence-corrected chi connectivity index (χ3v) is 5.43. The fourth-order valence-corrected chi connectivity index (χ4v) is 3.88. The second kappa shape index (κ2) is 9.05. The number of hydrogen-bond acceptors (Lipinski definition) is 3. The van der Waals surface area contributed by atoms with E-state index in [1.807, 2.05) is 55.5 Å². The largest absolute Gasteiger partial charge is 0.508 e. The van der Waals surface area contributed by atoms with Crippen molar-refractivity contribution in [3.8, 4) is 17.2 Å². The van der Waals surface area contributed by atoms with E-state index in [4.69, 9.17) is 9.47 Å². The van der Waals surface area contributed by atoms with Crippen molar-refractivity contribution in [2.45, 2.75) is 65.6 Å². The van der Waals surface area contributed by atoms with Crippen LogP contribution in [-0.4, -0.2) is 16.3 Å². The molecule has 1 N–H and O–H groups in total. The van der Waals surface area contributed by atoms with Crippen LogP contribution < -0.4 is 9.47 Å². The highest BCUT2D eigenvalue weighted by Gasteiger charge is 2.28. The van der Waals surface area contributed by atoms with Gasteiger partial charge in [0.25, 0.3) is 0 Å². The second-order valence-electron chi connectivity index (χ2n) is 9.52. The van der Waals surface area contributed by atoms with Gasteiger partial charge >= 0.3 is 0 Å². The van der Waals surface area contributed by atoms with Gasteiger partial charge in [0.1, 0.15) is 28.5 Å². The van der Waals surface area contributed by atoms with Crippen LogP contribution in [0, 0.1) is 13.8 Å². The summed E-state index contributed by atoms with van der Waals surface area (Å²) in [6.45, 7) is 12.4. The van der Waals surface area contributed by atoms with E-state index in [2.05, 4.69) is 46.8 Å². The van der Waals surface area contributed by atoms with Gasteiger partial charge in [-0.3, -0.25) is 0 Å². The van der Waals surface area contributed by atoms with Gasteiger partial charge in [-0.15, -0.1) is 0 Å². The van der Waals surface area contributed by atoms with Gasteiger partial charge in [-0.25, -0.2) is 0 Å². The Bertz CT molecular complexity index is 1030. The van der Waals surface area contributed by atoms with Crippen LogP contribution in [0.25, 0.3) is 0 Å². The summed E-state index contributed by atoms with van der Waals surface area (Å²) in [6, 6.07) is 21.8. The van der Waals surface area contributed by atoms with E-state index in [9.17, 15) is 5.11 Å². The summed E-state index contributed by atoms with van der Waals surface area (Å²) in [6.07, 6.45) is 1.26. The standard InChI is InChI=1S/C28H34O3/c1-20-12-7-9-16-25(20)30-27(3,4)18-22-14-11-15-24(29)23(22)19-28(5,6)31-26-17-10-8-13-21(26)2/h7-17,29H,18-19H2,1-6H3. The summed E-state index contributed by atoms with van der Waals surface area (Å²) in [5.74, 6) is 2.05. The third-order valence-electron chi connectivity index (χ3n) is 5.43. The molecule has 0 saturated heterocycles. The first-order chi connectivity index (χ1) is 14.6. The van der Waals surface area contributed by atoms with Gasteiger partial charge in [0, 0.05) is 18.4 Å². The van der Waals surface area contributed by atoms with Crippen LogP contribution in [0.5, 0.6) is 17.2 Å². The van der Waals surface area contributed by atoms with Crippen molar-refractivity contribution >= 4 is 0 Å². The Hall–Kier alpha value is -2.94. The van der Waals surface area contributed by atoms with Crippen LogP contribution in [0.3, 0.4) is 0 Å². The van der Waals surface area contributed by atoms with Gasteiger partial charge in [-0.2, -0.15) is 0 Å². The highest BCUT2D eigenvalue weighted by atomic mass is 16.5. The highest BCUT2D eigenvalue weighted by Crippen LogP contribution is 2.33. The zero-order valence-corrected chi connectivity index (χ0v) is 19.5. The Kier molecular flexibility index (Phi) is 6.64. The van der Waals surface area contributed by atoms with Gasteiger partial charge < -0.3 is 14.6 Å². The van der Waals surface area contributed by atoms with Crippen molar-refractivity contribution in [3.63, 3.8) is 0 Å². The lowest BCUT2D eigenvalue weighted by molar-refractivity contribution is 0.102. The van der Waals surface area contributed by atoms with Crippen LogP contribution in [0.2, 0.25) is 0 Å². The molecule has 3 rings (SSSR count). The molecule has 0 spiro atoms. The number of hydrogen-bond donors (Lipinski definition) is 1. The molecule has 3 nitrogen and oxygen atoms in total. The number of phenols is 1. The number of benzene rings is 3. The minimum atomic E-state index is -0.485. The molecular weight excluding hydrogens is 384 g/mol. The Morgan fingerprint density at radius 2 is 1.13 bits per heavy atom. The van der Waals surface area contributed by atoms with Crippen molar-refractivity contribution in [1.82, 2.24) is 0 Å². The lowest BCUT2D eigenvalue weighted by atomic mass is 9.88. The van der Waals surface area contributed by atoms with Crippen molar-refractivity contribution in [1.29, 1.82) is 0 Å². The summed E-state index contributed by atoms with van der Waals surface area (Å²) >= 11 is 0. The van der Waals surface area contributed by atoms with E-state index < -0.39 is 11.2 Å². The lowest BCUT2D eigenvalue weighted by Crippen LogP contribution is -2.34. The minimum Gasteiger partial charge on any atom is -0.508 e. The molecule has 0 aliphatic carbocycles. The van der Waals surface area contributed by atoms with Crippen molar-refractivity contribution in [2.75, 3.05) is 0 Å². The van der Waals surface area contributed by atoms with E-state index in [0.29, 0.717) is 18.6 Å². The summed E-state index contributed by atoms with van der Waals surface area (Å²) < 4.78 is 12.7. The molecule has 0 saturated carbocycles. The van der Waals surface area contributed by atoms with E-state index in [0.717, 1.165) is 33.8 Å². The molecule has 3 aromatic carbocycles. The molecule has 3 aromatic rings. The summed E-state index contributed by atoms with van der Waals surface area (Å²) in [5, 5.41) is 10.7. The van der Waals surface area contributed by atoms with E-state index >= 15 is 0 Å². The summed E-state index contributed by atoms with van der Waals surface area (Å²) in [4.78, 5) is 0. The number of phenolic OH excluding ortho intramolecular Hbond substituents is 1. The fourth-order valence-electron chi connectivity index (χ4n) is 3.88. The van der Waals surface area contributed by atoms with Crippen molar-refractivity contribution in [2.24, 2.45) is 0 Å². The van der Waals surface area contributed by atoms with Gasteiger partial charge in [-0.05, 0) is 76.4 Å². The molecule has 3 heteroatoms. The zero-order valence-electron chi connectivity index (χ0n) is 19.5. The molecular formula is C28H34O3. The maximum atomic E-state index is 10.7. The van der Waals surface area contributed by atoms with Gasteiger partial charge in [0.05, 0.1) is 0 Å². The van der Waals surface area contributed by atoms with Crippen LogP contribution in [0.4, 0.5) is 0 Å². The first-order valence-electron chi connectivity index (χ1n) is 10.9. The monoisotopic (exact) mass is 418 g/mol. The Balaban J connectivity index is 1.83. The summed E-state index contributed by atoms with van der Waals surface area (Å²) in [5.41, 5.74) is 3.26.